The second kappa shape index (κ2) is 10.7. The van der Waals surface area contributed by atoms with E-state index in [1.54, 1.807) is 38.1 Å². The number of carbonyl (C=O) groups excluding carboxylic acids is 2. The maximum Gasteiger partial charge on any atom is 0.330 e. The summed E-state index contributed by atoms with van der Waals surface area (Å²) in [5.74, 6) is -1.03. The fourth-order valence-electron chi connectivity index (χ4n) is 2.96. The first-order chi connectivity index (χ1) is 14.8. The molecule has 0 radical (unpaired) electrons. The Balaban J connectivity index is 2.19. The third-order valence-electron chi connectivity index (χ3n) is 5.82. The SMILES string of the molecule is CCOP(=O)(CCC(CO[Si](C)(C)C(C)(C)C)ON1C(=O)c2ccccc2C1=O)OCC. The highest BCUT2D eigenvalue weighted by atomic mass is 31.2. The van der Waals surface area contributed by atoms with E-state index in [2.05, 4.69) is 33.9 Å². The molecular formula is C22H36NO7PSi. The molecule has 1 atom stereocenters. The number of fused-ring (bicyclic) bond motifs is 1. The first-order valence-corrected chi connectivity index (χ1v) is 15.7. The predicted molar refractivity (Wildman–Crippen MR) is 125 cm³/mol. The van der Waals surface area contributed by atoms with Gasteiger partial charge in [-0.25, -0.2) is 0 Å². The zero-order chi connectivity index (χ0) is 24.2. The average Bonchev–Trinajstić information content (AvgIpc) is 2.94. The van der Waals surface area contributed by atoms with Crippen molar-refractivity contribution in [3.63, 3.8) is 0 Å². The van der Waals surface area contributed by atoms with Crippen molar-refractivity contribution in [2.75, 3.05) is 26.0 Å². The summed E-state index contributed by atoms with van der Waals surface area (Å²) >= 11 is 0. The Morgan fingerprint density at radius 1 is 1.00 bits per heavy atom. The van der Waals surface area contributed by atoms with Gasteiger partial charge in [-0.15, -0.1) is 5.06 Å². The third-order valence-corrected chi connectivity index (χ3v) is 12.4. The van der Waals surface area contributed by atoms with Gasteiger partial charge in [0.25, 0.3) is 11.8 Å². The number of imide groups is 1. The number of benzene rings is 1. The van der Waals surface area contributed by atoms with Crippen LogP contribution in [0.2, 0.25) is 18.1 Å². The maximum absolute atomic E-state index is 12.9. The lowest BCUT2D eigenvalue weighted by Gasteiger charge is -2.37. The summed E-state index contributed by atoms with van der Waals surface area (Å²) in [7, 11) is -5.44. The van der Waals surface area contributed by atoms with Gasteiger partial charge < -0.3 is 13.5 Å². The maximum atomic E-state index is 12.9. The fourth-order valence-corrected chi connectivity index (χ4v) is 5.72. The van der Waals surface area contributed by atoms with Crippen LogP contribution in [0.5, 0.6) is 0 Å². The van der Waals surface area contributed by atoms with E-state index in [9.17, 15) is 14.2 Å². The van der Waals surface area contributed by atoms with Crippen LogP contribution in [0.4, 0.5) is 0 Å². The Bertz CT molecular complexity index is 823. The van der Waals surface area contributed by atoms with Crippen molar-refractivity contribution in [2.45, 2.75) is 65.3 Å². The molecule has 10 heteroatoms. The molecule has 0 N–H and O–H groups in total. The molecule has 1 aliphatic rings. The average molecular weight is 486 g/mol. The summed E-state index contributed by atoms with van der Waals surface area (Å²) in [6.07, 6.45) is -0.358. The molecule has 8 nitrogen and oxygen atoms in total. The Morgan fingerprint density at radius 2 is 1.50 bits per heavy atom. The van der Waals surface area contributed by atoms with Gasteiger partial charge >= 0.3 is 7.60 Å². The Morgan fingerprint density at radius 3 is 1.94 bits per heavy atom. The van der Waals surface area contributed by atoms with Crippen LogP contribution in [-0.4, -0.2) is 57.3 Å². The van der Waals surface area contributed by atoms with Gasteiger partial charge in [-0.3, -0.25) is 19.0 Å². The minimum absolute atomic E-state index is 0.0288. The summed E-state index contributed by atoms with van der Waals surface area (Å²) in [5, 5.41) is 0.760. The van der Waals surface area contributed by atoms with Crippen molar-refractivity contribution >= 4 is 27.7 Å². The van der Waals surface area contributed by atoms with Gasteiger partial charge in [0.2, 0.25) is 0 Å². The molecule has 1 aromatic carbocycles. The zero-order valence-electron chi connectivity index (χ0n) is 20.2. The van der Waals surface area contributed by atoms with Crippen LogP contribution in [0.25, 0.3) is 0 Å². The summed E-state index contributed by atoms with van der Waals surface area (Å²) < 4.78 is 30.0. The predicted octanol–water partition coefficient (Wildman–Crippen LogP) is 5.26. The molecule has 0 aliphatic carbocycles. The highest BCUT2D eigenvalue weighted by molar-refractivity contribution is 7.53. The zero-order valence-corrected chi connectivity index (χ0v) is 22.1. The Kier molecular flexibility index (Phi) is 9.01. The third kappa shape index (κ3) is 6.37. The number of nitrogens with zero attached hydrogens (tertiary/aromatic N) is 1. The molecule has 0 spiro atoms. The van der Waals surface area contributed by atoms with E-state index >= 15 is 0 Å². The highest BCUT2D eigenvalue weighted by Gasteiger charge is 2.41. The summed E-state index contributed by atoms with van der Waals surface area (Å²) in [6.45, 7) is 14.7. The number of hydrogen-bond donors (Lipinski definition) is 0. The summed E-state index contributed by atoms with van der Waals surface area (Å²) in [6, 6.07) is 6.59. The number of amides is 2. The fraction of sp³-hybridized carbons (Fsp3) is 0.636. The highest BCUT2D eigenvalue weighted by Crippen LogP contribution is 2.49. The monoisotopic (exact) mass is 485 g/mol. The van der Waals surface area contributed by atoms with Crippen molar-refractivity contribution in [1.29, 1.82) is 0 Å². The lowest BCUT2D eigenvalue weighted by molar-refractivity contribution is -0.143. The number of hydroxylamine groups is 2. The van der Waals surface area contributed by atoms with Crippen molar-refractivity contribution in [3.05, 3.63) is 35.4 Å². The van der Waals surface area contributed by atoms with Crippen LogP contribution in [-0.2, 0) is 22.9 Å². The molecule has 1 heterocycles. The lowest BCUT2D eigenvalue weighted by Crippen LogP contribution is -2.44. The second-order valence-corrected chi connectivity index (χ2v) is 16.2. The van der Waals surface area contributed by atoms with Gasteiger partial charge in [-0.05, 0) is 50.5 Å². The molecule has 2 amide bonds. The van der Waals surface area contributed by atoms with Gasteiger partial charge in [0.15, 0.2) is 8.32 Å². The van der Waals surface area contributed by atoms with Crippen LogP contribution >= 0.6 is 7.60 Å². The minimum Gasteiger partial charge on any atom is -0.414 e. The van der Waals surface area contributed by atoms with E-state index < -0.39 is 33.8 Å². The van der Waals surface area contributed by atoms with Gasteiger partial charge in [-0.2, -0.15) is 0 Å². The van der Waals surface area contributed by atoms with Gasteiger partial charge in [0.05, 0.1) is 37.1 Å². The van der Waals surface area contributed by atoms with E-state index in [0.717, 1.165) is 5.06 Å². The summed E-state index contributed by atoms with van der Waals surface area (Å²) in [5.41, 5.74) is 0.603. The summed E-state index contributed by atoms with van der Waals surface area (Å²) in [4.78, 5) is 31.4. The molecule has 0 aromatic heterocycles. The van der Waals surface area contributed by atoms with Crippen molar-refractivity contribution in [1.82, 2.24) is 5.06 Å². The van der Waals surface area contributed by atoms with E-state index in [1.165, 1.54) is 0 Å². The van der Waals surface area contributed by atoms with Gasteiger partial charge in [0, 0.05) is 0 Å². The normalized spacial score (nSPS) is 15.9. The number of rotatable bonds is 12. The van der Waals surface area contributed by atoms with Gasteiger partial charge in [0.1, 0.15) is 6.10 Å². The molecule has 0 saturated heterocycles. The molecule has 1 unspecified atom stereocenters. The number of carbonyl (C=O) groups is 2. The first-order valence-electron chi connectivity index (χ1n) is 11.0. The molecule has 2 rings (SSSR count). The first kappa shape index (κ1) is 26.9. The Hall–Kier alpha value is -1.35. The standard InChI is InChI=1S/C22H36NO7PSi/c1-8-27-31(26,28-9-2)15-14-17(16-29-32(6,7)22(3,4)5)30-23-20(24)18-12-10-11-13-19(18)21(23)25/h10-13,17H,8-9,14-16H2,1-7H3. The second-order valence-electron chi connectivity index (χ2n) is 9.21. The van der Waals surface area contributed by atoms with E-state index in [0.29, 0.717) is 11.1 Å². The molecule has 180 valence electrons. The quantitative estimate of drug-likeness (QED) is 0.226. The largest absolute Gasteiger partial charge is 0.414 e. The minimum atomic E-state index is -3.32. The molecule has 1 aliphatic heterocycles. The molecule has 32 heavy (non-hydrogen) atoms. The van der Waals surface area contributed by atoms with Crippen molar-refractivity contribution in [2.24, 2.45) is 0 Å². The smallest absolute Gasteiger partial charge is 0.330 e. The molecular weight excluding hydrogens is 449 g/mol. The lowest BCUT2D eigenvalue weighted by atomic mass is 10.1. The molecule has 0 saturated carbocycles. The Labute approximate surface area is 192 Å². The van der Waals surface area contributed by atoms with Crippen molar-refractivity contribution < 1.29 is 32.5 Å². The topological polar surface area (TPSA) is 91.4 Å². The van der Waals surface area contributed by atoms with Crippen LogP contribution in [0, 0.1) is 0 Å². The van der Waals surface area contributed by atoms with E-state index in [1.807, 2.05) is 0 Å². The van der Waals surface area contributed by atoms with Crippen LogP contribution in [0.3, 0.4) is 0 Å². The van der Waals surface area contributed by atoms with E-state index in [4.69, 9.17) is 18.3 Å². The molecule has 0 fully saturated rings. The molecule has 1 aromatic rings. The number of hydrogen-bond acceptors (Lipinski definition) is 7. The van der Waals surface area contributed by atoms with Crippen LogP contribution in [0.1, 0.15) is 61.8 Å². The molecule has 0 bridgehead atoms. The van der Waals surface area contributed by atoms with E-state index in [-0.39, 0.29) is 37.4 Å². The van der Waals surface area contributed by atoms with Crippen LogP contribution in [0.15, 0.2) is 24.3 Å². The van der Waals surface area contributed by atoms with Crippen molar-refractivity contribution in [3.8, 4) is 0 Å². The van der Waals surface area contributed by atoms with Gasteiger partial charge in [-0.1, -0.05) is 32.9 Å². The van der Waals surface area contributed by atoms with Crippen LogP contribution < -0.4 is 0 Å².